The van der Waals surface area contributed by atoms with Crippen LogP contribution in [-0.2, 0) is 4.79 Å². The Morgan fingerprint density at radius 1 is 1.35 bits per heavy atom. The fraction of sp³-hybridized carbons (Fsp3) is 0.214. The highest BCUT2D eigenvalue weighted by Crippen LogP contribution is 2.35. The second-order valence-electron chi connectivity index (χ2n) is 4.83. The number of hydrogen-bond donors (Lipinski definition) is 3. The van der Waals surface area contributed by atoms with E-state index >= 15 is 0 Å². The number of ketones is 1. The van der Waals surface area contributed by atoms with Gasteiger partial charge < -0.3 is 10.4 Å². The highest BCUT2D eigenvalue weighted by molar-refractivity contribution is 6.07. The Labute approximate surface area is 114 Å². The number of carbonyl (C=O) groups excluding carboxylic acids is 2. The molecule has 0 saturated heterocycles. The molecule has 1 amide bonds. The van der Waals surface area contributed by atoms with Crippen LogP contribution in [0.2, 0.25) is 0 Å². The van der Waals surface area contributed by atoms with E-state index in [1.165, 1.54) is 12.1 Å². The number of anilines is 1. The van der Waals surface area contributed by atoms with Crippen LogP contribution in [0.5, 0.6) is 5.75 Å². The number of aromatic nitrogens is 2. The predicted molar refractivity (Wildman–Crippen MR) is 71.7 cm³/mol. The van der Waals surface area contributed by atoms with Crippen LogP contribution in [0.25, 0.3) is 0 Å². The minimum atomic E-state index is -0.540. The summed E-state index contributed by atoms with van der Waals surface area (Å²) in [7, 11) is 0. The minimum Gasteiger partial charge on any atom is -0.508 e. The van der Waals surface area contributed by atoms with Gasteiger partial charge in [-0.2, -0.15) is 5.10 Å². The molecule has 3 N–H and O–H groups in total. The van der Waals surface area contributed by atoms with Crippen LogP contribution in [0.1, 0.15) is 34.0 Å². The summed E-state index contributed by atoms with van der Waals surface area (Å²) < 4.78 is 0. The first-order chi connectivity index (χ1) is 9.56. The number of phenolic OH excluding ortho intramolecular Hbond substituents is 1. The van der Waals surface area contributed by atoms with E-state index in [1.807, 2.05) is 6.92 Å². The number of fused-ring (bicyclic) bond motifs is 1. The molecule has 3 rings (SSSR count). The maximum atomic E-state index is 12.6. The number of aromatic amines is 1. The fourth-order valence-corrected chi connectivity index (χ4v) is 2.48. The highest BCUT2D eigenvalue weighted by atomic mass is 16.3. The number of Topliss-reactive ketones (excluding diaryl/α,β-unsaturated/α-hetero) is 1. The van der Waals surface area contributed by atoms with E-state index in [9.17, 15) is 14.7 Å². The Morgan fingerprint density at radius 3 is 2.75 bits per heavy atom. The SMILES string of the molecule is Cc1[nH]nc2c1C(C(=O)c1ccc(O)cc1)CC(=O)N2. The number of rotatable bonds is 2. The molecule has 1 aliphatic rings. The predicted octanol–water partition coefficient (Wildman–Crippen LogP) is 1.73. The molecule has 0 fully saturated rings. The van der Waals surface area contributed by atoms with E-state index in [2.05, 4.69) is 15.5 Å². The van der Waals surface area contributed by atoms with Gasteiger partial charge in [-0.15, -0.1) is 0 Å². The lowest BCUT2D eigenvalue weighted by Crippen LogP contribution is -2.27. The number of benzene rings is 1. The molecule has 0 spiro atoms. The van der Waals surface area contributed by atoms with Gasteiger partial charge in [0.25, 0.3) is 0 Å². The van der Waals surface area contributed by atoms with Crippen LogP contribution >= 0.6 is 0 Å². The van der Waals surface area contributed by atoms with E-state index in [0.29, 0.717) is 11.4 Å². The summed E-state index contributed by atoms with van der Waals surface area (Å²) in [6.45, 7) is 1.82. The molecule has 20 heavy (non-hydrogen) atoms. The molecule has 6 nitrogen and oxygen atoms in total. The summed E-state index contributed by atoms with van der Waals surface area (Å²) in [6, 6.07) is 6.02. The summed E-state index contributed by atoms with van der Waals surface area (Å²) in [5.41, 5.74) is 1.98. The van der Waals surface area contributed by atoms with E-state index in [-0.39, 0.29) is 23.9 Å². The molecule has 0 aliphatic carbocycles. The molecular weight excluding hydrogens is 258 g/mol. The molecule has 1 aromatic carbocycles. The monoisotopic (exact) mass is 271 g/mol. The van der Waals surface area contributed by atoms with Gasteiger partial charge in [-0.05, 0) is 31.2 Å². The topological polar surface area (TPSA) is 95.1 Å². The molecule has 0 bridgehead atoms. The van der Waals surface area contributed by atoms with Crippen LogP contribution in [-0.4, -0.2) is 27.0 Å². The van der Waals surface area contributed by atoms with Crippen LogP contribution in [0.3, 0.4) is 0 Å². The van der Waals surface area contributed by atoms with Crippen molar-refractivity contribution >= 4 is 17.5 Å². The van der Waals surface area contributed by atoms with Crippen molar-refractivity contribution in [3.8, 4) is 5.75 Å². The van der Waals surface area contributed by atoms with Crippen LogP contribution in [0.4, 0.5) is 5.82 Å². The molecular formula is C14H13N3O3. The molecule has 6 heteroatoms. The average molecular weight is 271 g/mol. The van der Waals surface area contributed by atoms with Crippen molar-refractivity contribution in [2.45, 2.75) is 19.3 Å². The zero-order valence-electron chi connectivity index (χ0n) is 10.8. The Balaban J connectivity index is 2.01. The summed E-state index contributed by atoms with van der Waals surface area (Å²) in [4.78, 5) is 24.2. The zero-order chi connectivity index (χ0) is 14.3. The first-order valence-corrected chi connectivity index (χ1v) is 6.24. The number of phenols is 1. The number of carbonyl (C=O) groups is 2. The van der Waals surface area contributed by atoms with Gasteiger partial charge in [0.1, 0.15) is 5.75 Å². The third-order valence-corrected chi connectivity index (χ3v) is 3.46. The molecule has 1 unspecified atom stereocenters. The minimum absolute atomic E-state index is 0.100. The van der Waals surface area contributed by atoms with Gasteiger partial charge in [-0.25, -0.2) is 0 Å². The Hall–Kier alpha value is -2.63. The number of amides is 1. The van der Waals surface area contributed by atoms with Crippen LogP contribution < -0.4 is 5.32 Å². The normalized spacial score (nSPS) is 17.4. The third kappa shape index (κ3) is 1.95. The number of nitrogens with one attached hydrogen (secondary N) is 2. The van der Waals surface area contributed by atoms with Gasteiger partial charge >= 0.3 is 0 Å². The van der Waals surface area contributed by atoms with Gasteiger partial charge in [0.05, 0.1) is 5.92 Å². The first-order valence-electron chi connectivity index (χ1n) is 6.24. The van der Waals surface area contributed by atoms with Crippen molar-refractivity contribution in [1.82, 2.24) is 10.2 Å². The van der Waals surface area contributed by atoms with Crippen LogP contribution in [0.15, 0.2) is 24.3 Å². The number of aryl methyl sites for hydroxylation is 1. The smallest absolute Gasteiger partial charge is 0.226 e. The summed E-state index contributed by atoms with van der Waals surface area (Å²) >= 11 is 0. The van der Waals surface area contributed by atoms with Gasteiger partial charge in [0, 0.05) is 23.2 Å². The molecule has 1 atom stereocenters. The van der Waals surface area contributed by atoms with Crippen molar-refractivity contribution in [3.63, 3.8) is 0 Å². The van der Waals surface area contributed by atoms with Crippen molar-refractivity contribution in [1.29, 1.82) is 0 Å². The molecule has 0 saturated carbocycles. The van der Waals surface area contributed by atoms with Crippen LogP contribution in [0, 0.1) is 6.92 Å². The summed E-state index contributed by atoms with van der Waals surface area (Å²) in [5, 5.41) is 18.7. The number of aromatic hydroxyl groups is 1. The Morgan fingerprint density at radius 2 is 2.05 bits per heavy atom. The second-order valence-corrected chi connectivity index (χ2v) is 4.83. The number of nitrogens with zero attached hydrogens (tertiary/aromatic N) is 1. The van der Waals surface area contributed by atoms with Crippen molar-refractivity contribution in [2.75, 3.05) is 5.32 Å². The highest BCUT2D eigenvalue weighted by Gasteiger charge is 2.34. The van der Waals surface area contributed by atoms with E-state index in [1.54, 1.807) is 12.1 Å². The zero-order valence-corrected chi connectivity index (χ0v) is 10.8. The lowest BCUT2D eigenvalue weighted by atomic mass is 9.85. The number of hydrogen-bond acceptors (Lipinski definition) is 4. The molecule has 2 heterocycles. The van der Waals surface area contributed by atoms with E-state index in [0.717, 1.165) is 11.3 Å². The van der Waals surface area contributed by atoms with Crippen molar-refractivity contribution < 1.29 is 14.7 Å². The van der Waals surface area contributed by atoms with Gasteiger partial charge in [-0.1, -0.05) is 0 Å². The van der Waals surface area contributed by atoms with Crippen molar-refractivity contribution in [3.05, 3.63) is 41.1 Å². The Kier molecular flexibility index (Phi) is 2.78. The Bertz CT molecular complexity index is 688. The van der Waals surface area contributed by atoms with Gasteiger partial charge in [-0.3, -0.25) is 14.7 Å². The molecule has 1 aliphatic heterocycles. The van der Waals surface area contributed by atoms with Crippen molar-refractivity contribution in [2.24, 2.45) is 0 Å². The standard InChI is InChI=1S/C14H13N3O3/c1-7-12-10(6-11(19)15-14(12)17-16-7)13(20)8-2-4-9(18)5-3-8/h2-5,10,18H,6H2,1H3,(H2,15,16,17,19). The summed E-state index contributed by atoms with van der Waals surface area (Å²) in [6.07, 6.45) is 0.104. The van der Waals surface area contributed by atoms with Gasteiger partial charge in [0.2, 0.25) is 5.91 Å². The molecule has 2 aromatic rings. The van der Waals surface area contributed by atoms with Gasteiger partial charge in [0.15, 0.2) is 11.6 Å². The summed E-state index contributed by atoms with van der Waals surface area (Å²) in [5.74, 6) is -0.382. The fourth-order valence-electron chi connectivity index (χ4n) is 2.48. The second kappa shape index (κ2) is 4.48. The first kappa shape index (κ1) is 12.4. The molecule has 0 radical (unpaired) electrons. The van der Waals surface area contributed by atoms with E-state index < -0.39 is 5.92 Å². The molecule has 1 aromatic heterocycles. The largest absolute Gasteiger partial charge is 0.508 e. The van der Waals surface area contributed by atoms with E-state index in [4.69, 9.17) is 0 Å². The lowest BCUT2D eigenvalue weighted by Gasteiger charge is -2.21. The lowest BCUT2D eigenvalue weighted by molar-refractivity contribution is -0.116. The maximum Gasteiger partial charge on any atom is 0.226 e. The number of H-pyrrole nitrogens is 1. The maximum absolute atomic E-state index is 12.6. The quantitative estimate of drug-likeness (QED) is 0.725. The average Bonchev–Trinajstić information content (AvgIpc) is 2.79. The third-order valence-electron chi connectivity index (χ3n) is 3.46. The molecule has 102 valence electrons.